The molecule has 8 nitrogen and oxygen atoms in total. The van der Waals surface area contributed by atoms with E-state index in [0.717, 1.165) is 19.5 Å². The Balaban J connectivity index is 1.56. The molecule has 2 aliphatic heterocycles. The normalized spacial score (nSPS) is 28.3. The highest BCUT2D eigenvalue weighted by molar-refractivity contribution is 5.76. The first-order valence-corrected chi connectivity index (χ1v) is 7.46. The first-order chi connectivity index (χ1) is 10.5. The second-order valence-corrected chi connectivity index (χ2v) is 5.99. The topological polar surface area (TPSA) is 96.4 Å². The Hall–Kier alpha value is -1.93. The van der Waals surface area contributed by atoms with E-state index in [9.17, 15) is 14.4 Å². The van der Waals surface area contributed by atoms with Gasteiger partial charge in [0.1, 0.15) is 6.54 Å². The zero-order chi connectivity index (χ0) is 15.7. The Morgan fingerprint density at radius 1 is 1.45 bits per heavy atom. The highest BCUT2D eigenvalue weighted by Gasteiger charge is 2.36. The number of ether oxygens (including phenoxy) is 1. The fourth-order valence-electron chi connectivity index (χ4n) is 3.14. The number of hydrogen-bond donors (Lipinski definition) is 2. The number of aromatic nitrogens is 2. The van der Waals surface area contributed by atoms with Crippen LogP contribution >= 0.6 is 0 Å². The third kappa shape index (κ3) is 3.28. The van der Waals surface area contributed by atoms with Gasteiger partial charge in [0.25, 0.3) is 5.56 Å². The highest BCUT2D eigenvalue weighted by Crippen LogP contribution is 2.22. The van der Waals surface area contributed by atoms with Crippen LogP contribution in [0.3, 0.4) is 0 Å². The predicted molar refractivity (Wildman–Crippen MR) is 78.6 cm³/mol. The van der Waals surface area contributed by atoms with Gasteiger partial charge in [0, 0.05) is 37.4 Å². The summed E-state index contributed by atoms with van der Waals surface area (Å²) in [6.07, 6.45) is 2.41. The van der Waals surface area contributed by atoms with Crippen LogP contribution in [-0.4, -0.2) is 58.2 Å². The molecule has 0 radical (unpaired) electrons. The number of nitrogens with one attached hydrogen (secondary N) is 2. The maximum absolute atomic E-state index is 12.1. The van der Waals surface area contributed by atoms with E-state index < -0.39 is 11.2 Å². The molecule has 2 fully saturated rings. The number of fused-ring (bicyclic) bond motifs is 1. The van der Waals surface area contributed by atoms with Crippen molar-refractivity contribution in [1.82, 2.24) is 19.8 Å². The van der Waals surface area contributed by atoms with Gasteiger partial charge in [-0.15, -0.1) is 0 Å². The summed E-state index contributed by atoms with van der Waals surface area (Å²) < 4.78 is 6.82. The molecule has 3 heterocycles. The number of carbonyl (C=O) groups excluding carboxylic acids is 1. The quantitative estimate of drug-likeness (QED) is 0.709. The summed E-state index contributed by atoms with van der Waals surface area (Å²) in [5.74, 6) is -0.229. The molecule has 0 bridgehead atoms. The van der Waals surface area contributed by atoms with Gasteiger partial charge in [0.15, 0.2) is 0 Å². The number of hydrogen-bond acceptors (Lipinski definition) is 5. The van der Waals surface area contributed by atoms with Crippen LogP contribution < -0.4 is 16.6 Å². The second kappa shape index (κ2) is 6.05. The lowest BCUT2D eigenvalue weighted by molar-refractivity contribution is -0.122. The molecule has 2 N–H and O–H groups in total. The molecule has 1 amide bonds. The van der Waals surface area contributed by atoms with Crippen molar-refractivity contribution in [1.29, 1.82) is 0 Å². The highest BCUT2D eigenvalue weighted by atomic mass is 16.5. The summed E-state index contributed by atoms with van der Waals surface area (Å²) in [6.45, 7) is 4.35. The van der Waals surface area contributed by atoms with Crippen LogP contribution in [0.4, 0.5) is 0 Å². The van der Waals surface area contributed by atoms with Crippen molar-refractivity contribution >= 4 is 5.91 Å². The molecule has 120 valence electrons. The van der Waals surface area contributed by atoms with Crippen molar-refractivity contribution in [3.63, 3.8) is 0 Å². The molecule has 3 rings (SSSR count). The van der Waals surface area contributed by atoms with Gasteiger partial charge in [0.05, 0.1) is 12.7 Å². The summed E-state index contributed by atoms with van der Waals surface area (Å²) in [5.41, 5.74) is -1.04. The SMILES string of the molecule is C[C@H]1CN2C[C@@H](NC(=O)Cn3ccc(=O)[nH]c3=O)C[C@H]2CO1. The van der Waals surface area contributed by atoms with Crippen molar-refractivity contribution in [2.75, 3.05) is 19.7 Å². The van der Waals surface area contributed by atoms with E-state index in [2.05, 4.69) is 15.2 Å². The molecular weight excluding hydrogens is 288 g/mol. The molecule has 0 aromatic carbocycles. The number of carbonyl (C=O) groups is 1. The summed E-state index contributed by atoms with van der Waals surface area (Å²) in [5, 5.41) is 2.95. The monoisotopic (exact) mass is 308 g/mol. The molecule has 0 aliphatic carbocycles. The zero-order valence-corrected chi connectivity index (χ0v) is 12.4. The van der Waals surface area contributed by atoms with Crippen molar-refractivity contribution < 1.29 is 9.53 Å². The van der Waals surface area contributed by atoms with Gasteiger partial charge in [-0.3, -0.25) is 24.0 Å². The van der Waals surface area contributed by atoms with E-state index in [1.165, 1.54) is 16.8 Å². The maximum atomic E-state index is 12.1. The molecule has 2 aliphatic rings. The number of nitrogens with zero attached hydrogens (tertiary/aromatic N) is 2. The molecule has 0 unspecified atom stereocenters. The molecule has 2 saturated heterocycles. The minimum absolute atomic E-state index is 0.0739. The molecule has 22 heavy (non-hydrogen) atoms. The van der Waals surface area contributed by atoms with Crippen LogP contribution in [-0.2, 0) is 16.1 Å². The van der Waals surface area contributed by atoms with E-state index in [0.29, 0.717) is 12.6 Å². The van der Waals surface area contributed by atoms with Crippen molar-refractivity contribution in [3.05, 3.63) is 33.1 Å². The number of H-pyrrole nitrogens is 1. The maximum Gasteiger partial charge on any atom is 0.328 e. The van der Waals surface area contributed by atoms with E-state index in [1.54, 1.807) is 0 Å². The molecule has 1 aromatic rings. The Morgan fingerprint density at radius 2 is 2.27 bits per heavy atom. The smallest absolute Gasteiger partial charge is 0.328 e. The van der Waals surface area contributed by atoms with Gasteiger partial charge in [-0.05, 0) is 13.3 Å². The third-order valence-corrected chi connectivity index (χ3v) is 4.17. The number of amides is 1. The lowest BCUT2D eigenvalue weighted by atomic mass is 10.1. The van der Waals surface area contributed by atoms with Gasteiger partial charge in [0.2, 0.25) is 5.91 Å². The van der Waals surface area contributed by atoms with Gasteiger partial charge >= 0.3 is 5.69 Å². The molecule has 3 atom stereocenters. The van der Waals surface area contributed by atoms with Crippen LogP contribution in [0.5, 0.6) is 0 Å². The first-order valence-electron chi connectivity index (χ1n) is 7.46. The van der Waals surface area contributed by atoms with Gasteiger partial charge in [-0.2, -0.15) is 0 Å². The predicted octanol–water partition coefficient (Wildman–Crippen LogP) is -1.49. The minimum Gasteiger partial charge on any atom is -0.376 e. The van der Waals surface area contributed by atoms with E-state index in [1.807, 2.05) is 6.92 Å². The van der Waals surface area contributed by atoms with Gasteiger partial charge in [-0.25, -0.2) is 4.79 Å². The average molecular weight is 308 g/mol. The lowest BCUT2D eigenvalue weighted by Gasteiger charge is -2.33. The third-order valence-electron chi connectivity index (χ3n) is 4.17. The Morgan fingerprint density at radius 3 is 3.05 bits per heavy atom. The van der Waals surface area contributed by atoms with Crippen LogP contribution in [0.2, 0.25) is 0 Å². The van der Waals surface area contributed by atoms with E-state index in [4.69, 9.17) is 4.74 Å². The molecule has 8 heteroatoms. The van der Waals surface area contributed by atoms with Gasteiger partial charge in [-0.1, -0.05) is 0 Å². The summed E-state index contributed by atoms with van der Waals surface area (Å²) in [6, 6.07) is 1.66. The van der Waals surface area contributed by atoms with Crippen molar-refractivity contribution in [3.8, 4) is 0 Å². The summed E-state index contributed by atoms with van der Waals surface area (Å²) in [4.78, 5) is 39.1. The molecule has 0 saturated carbocycles. The van der Waals surface area contributed by atoms with Crippen LogP contribution in [0.15, 0.2) is 21.9 Å². The molecule has 1 aromatic heterocycles. The fourth-order valence-corrected chi connectivity index (χ4v) is 3.14. The zero-order valence-electron chi connectivity index (χ0n) is 12.4. The molecular formula is C14H20N4O4. The summed E-state index contributed by atoms with van der Waals surface area (Å²) >= 11 is 0. The second-order valence-electron chi connectivity index (χ2n) is 5.99. The molecule has 0 spiro atoms. The largest absolute Gasteiger partial charge is 0.376 e. The standard InChI is InChI=1S/C14H20N4O4/c1-9-5-18-6-10(4-11(18)8-22-9)15-13(20)7-17-3-2-12(19)16-14(17)21/h2-3,9-11H,4-8H2,1H3,(H,15,20)(H,16,19,21)/t9-,10-,11-/m0/s1. The van der Waals surface area contributed by atoms with Crippen LogP contribution in [0, 0.1) is 0 Å². The number of rotatable bonds is 3. The van der Waals surface area contributed by atoms with Crippen molar-refractivity contribution in [2.24, 2.45) is 0 Å². The van der Waals surface area contributed by atoms with Crippen LogP contribution in [0.1, 0.15) is 13.3 Å². The fraction of sp³-hybridized carbons (Fsp3) is 0.643. The Bertz CT molecular complexity index is 667. The number of morpholine rings is 1. The first kappa shape index (κ1) is 15.0. The average Bonchev–Trinajstić information content (AvgIpc) is 2.83. The van der Waals surface area contributed by atoms with Gasteiger partial charge < -0.3 is 10.1 Å². The Labute approximate surface area is 127 Å². The number of aromatic amines is 1. The van der Waals surface area contributed by atoms with Crippen molar-refractivity contribution in [2.45, 2.75) is 38.1 Å². The Kier molecular flexibility index (Phi) is 4.12. The van der Waals surface area contributed by atoms with Crippen LogP contribution in [0.25, 0.3) is 0 Å². The van der Waals surface area contributed by atoms with E-state index >= 15 is 0 Å². The van der Waals surface area contributed by atoms with E-state index in [-0.39, 0.29) is 24.6 Å². The summed E-state index contributed by atoms with van der Waals surface area (Å²) in [7, 11) is 0. The lowest BCUT2D eigenvalue weighted by Crippen LogP contribution is -2.45. The minimum atomic E-state index is -0.575.